The van der Waals surface area contributed by atoms with Crippen LogP contribution >= 0.6 is 0 Å². The van der Waals surface area contributed by atoms with Crippen molar-refractivity contribution in [3.05, 3.63) is 23.8 Å². The average molecular weight is 249 g/mol. The summed E-state index contributed by atoms with van der Waals surface area (Å²) in [5.41, 5.74) is 0.330. The van der Waals surface area contributed by atoms with Crippen LogP contribution in [0.3, 0.4) is 0 Å². The van der Waals surface area contributed by atoms with Crippen molar-refractivity contribution in [1.29, 1.82) is 0 Å². The van der Waals surface area contributed by atoms with E-state index in [9.17, 15) is 9.59 Å². The van der Waals surface area contributed by atoms with Crippen molar-refractivity contribution in [2.45, 2.75) is 26.4 Å². The average Bonchev–Trinajstić information content (AvgIpc) is 2.25. The normalized spacial score (nSPS) is 14.3. The van der Waals surface area contributed by atoms with Gasteiger partial charge in [-0.2, -0.15) is 0 Å². The molecule has 5 nitrogen and oxygen atoms in total. The molecule has 0 aromatic heterocycles. The van der Waals surface area contributed by atoms with Crippen molar-refractivity contribution in [3.8, 4) is 5.75 Å². The van der Waals surface area contributed by atoms with Gasteiger partial charge in [-0.1, -0.05) is 0 Å². The Kier molecular flexibility index (Phi) is 2.98. The van der Waals surface area contributed by atoms with Crippen molar-refractivity contribution < 1.29 is 19.1 Å². The van der Waals surface area contributed by atoms with Gasteiger partial charge >= 0.3 is 5.97 Å². The molecule has 1 heterocycles. The number of anilines is 1. The minimum absolute atomic E-state index is 0.00121. The Morgan fingerprint density at radius 2 is 2.11 bits per heavy atom. The van der Waals surface area contributed by atoms with E-state index in [0.29, 0.717) is 17.0 Å². The zero-order chi connectivity index (χ0) is 13.3. The minimum Gasteiger partial charge on any atom is -0.482 e. The highest BCUT2D eigenvalue weighted by Crippen LogP contribution is 2.29. The van der Waals surface area contributed by atoms with E-state index < -0.39 is 11.6 Å². The van der Waals surface area contributed by atoms with E-state index in [2.05, 4.69) is 5.32 Å². The lowest BCUT2D eigenvalue weighted by molar-refractivity contribution is -0.118. The molecule has 5 heteroatoms. The number of benzene rings is 1. The van der Waals surface area contributed by atoms with Crippen LogP contribution in [0.4, 0.5) is 5.69 Å². The Morgan fingerprint density at radius 3 is 2.78 bits per heavy atom. The van der Waals surface area contributed by atoms with Gasteiger partial charge in [0.2, 0.25) is 0 Å². The quantitative estimate of drug-likeness (QED) is 0.773. The molecule has 1 aliphatic rings. The van der Waals surface area contributed by atoms with E-state index >= 15 is 0 Å². The summed E-state index contributed by atoms with van der Waals surface area (Å²) < 4.78 is 10.5. The van der Waals surface area contributed by atoms with Gasteiger partial charge in [0.1, 0.15) is 11.4 Å². The molecule has 1 aromatic rings. The second kappa shape index (κ2) is 4.33. The van der Waals surface area contributed by atoms with Crippen molar-refractivity contribution in [2.24, 2.45) is 0 Å². The Balaban J connectivity index is 2.23. The fourth-order valence-corrected chi connectivity index (χ4v) is 1.55. The van der Waals surface area contributed by atoms with Crippen LogP contribution in [0.2, 0.25) is 0 Å². The molecular formula is C13H15NO4. The lowest BCUT2D eigenvalue weighted by atomic mass is 10.1. The van der Waals surface area contributed by atoms with Crippen LogP contribution in [-0.4, -0.2) is 24.1 Å². The summed E-state index contributed by atoms with van der Waals surface area (Å²) in [6.07, 6.45) is 0. The molecule has 1 aromatic carbocycles. The number of esters is 1. The van der Waals surface area contributed by atoms with Gasteiger partial charge in [-0.25, -0.2) is 4.79 Å². The smallest absolute Gasteiger partial charge is 0.338 e. The van der Waals surface area contributed by atoms with Crippen LogP contribution in [0.5, 0.6) is 5.75 Å². The molecule has 1 aliphatic heterocycles. The van der Waals surface area contributed by atoms with Crippen molar-refractivity contribution in [1.82, 2.24) is 0 Å². The topological polar surface area (TPSA) is 64.6 Å². The van der Waals surface area contributed by atoms with Gasteiger partial charge in [0.05, 0.1) is 11.3 Å². The first-order valence-electron chi connectivity index (χ1n) is 5.65. The number of carbonyl (C=O) groups excluding carboxylic acids is 2. The third kappa shape index (κ3) is 2.80. The molecule has 0 atom stereocenters. The van der Waals surface area contributed by atoms with Crippen molar-refractivity contribution in [2.75, 3.05) is 11.9 Å². The summed E-state index contributed by atoms with van der Waals surface area (Å²) in [6.45, 7) is 5.40. The van der Waals surface area contributed by atoms with E-state index in [0.717, 1.165) is 0 Å². The Labute approximate surface area is 105 Å². The lowest BCUT2D eigenvalue weighted by Crippen LogP contribution is -2.26. The van der Waals surface area contributed by atoms with Gasteiger partial charge < -0.3 is 14.8 Å². The summed E-state index contributed by atoms with van der Waals surface area (Å²) in [7, 11) is 0. The van der Waals surface area contributed by atoms with E-state index in [1.54, 1.807) is 39.0 Å². The predicted octanol–water partition coefficient (Wildman–Crippen LogP) is 1.97. The number of ether oxygens (including phenoxy) is 2. The second-order valence-electron chi connectivity index (χ2n) is 5.05. The van der Waals surface area contributed by atoms with Crippen LogP contribution in [0.1, 0.15) is 31.1 Å². The third-order valence-electron chi connectivity index (χ3n) is 2.25. The maximum absolute atomic E-state index is 11.9. The van der Waals surface area contributed by atoms with Crippen molar-refractivity contribution >= 4 is 17.6 Å². The number of rotatable bonds is 1. The molecular weight excluding hydrogens is 234 g/mol. The Morgan fingerprint density at radius 1 is 1.39 bits per heavy atom. The van der Waals surface area contributed by atoms with Gasteiger partial charge in [-0.05, 0) is 39.0 Å². The SMILES string of the molecule is CC(C)(C)OC(=O)c1ccc2c(c1)NC(=O)CO2. The summed E-state index contributed by atoms with van der Waals surface area (Å²) in [6, 6.07) is 4.82. The summed E-state index contributed by atoms with van der Waals surface area (Å²) in [4.78, 5) is 23.0. The Hall–Kier alpha value is -2.04. The van der Waals surface area contributed by atoms with Gasteiger partial charge in [0.25, 0.3) is 5.91 Å². The molecule has 0 saturated heterocycles. The number of fused-ring (bicyclic) bond motifs is 1. The first-order chi connectivity index (χ1) is 8.35. The maximum Gasteiger partial charge on any atom is 0.338 e. The number of amides is 1. The van der Waals surface area contributed by atoms with Crippen LogP contribution < -0.4 is 10.1 Å². The molecule has 1 N–H and O–H groups in total. The molecule has 0 radical (unpaired) electrons. The van der Waals surface area contributed by atoms with Gasteiger partial charge in [-0.3, -0.25) is 4.79 Å². The van der Waals surface area contributed by atoms with Crippen LogP contribution in [0.25, 0.3) is 0 Å². The Bertz CT molecular complexity index is 502. The predicted molar refractivity (Wildman–Crippen MR) is 65.7 cm³/mol. The molecule has 0 bridgehead atoms. The van der Waals surface area contributed by atoms with E-state index in [1.807, 2.05) is 0 Å². The van der Waals surface area contributed by atoms with Gasteiger partial charge in [-0.15, -0.1) is 0 Å². The molecule has 18 heavy (non-hydrogen) atoms. The monoisotopic (exact) mass is 249 g/mol. The standard InChI is InChI=1S/C13H15NO4/c1-13(2,3)18-12(16)8-4-5-10-9(6-8)14-11(15)7-17-10/h4-6H,7H2,1-3H3,(H,14,15). The van der Waals surface area contributed by atoms with E-state index in [1.165, 1.54) is 0 Å². The third-order valence-corrected chi connectivity index (χ3v) is 2.25. The van der Waals surface area contributed by atoms with Gasteiger partial charge in [0, 0.05) is 0 Å². The molecule has 0 spiro atoms. The minimum atomic E-state index is -0.549. The highest BCUT2D eigenvalue weighted by atomic mass is 16.6. The van der Waals surface area contributed by atoms with E-state index in [4.69, 9.17) is 9.47 Å². The van der Waals surface area contributed by atoms with Crippen LogP contribution in [-0.2, 0) is 9.53 Å². The molecule has 96 valence electrons. The largest absolute Gasteiger partial charge is 0.482 e. The fraction of sp³-hybridized carbons (Fsp3) is 0.385. The van der Waals surface area contributed by atoms with Crippen LogP contribution in [0.15, 0.2) is 18.2 Å². The summed E-state index contributed by atoms with van der Waals surface area (Å²) in [5.74, 6) is -0.101. The molecule has 0 aliphatic carbocycles. The van der Waals surface area contributed by atoms with Crippen LogP contribution in [0, 0.1) is 0 Å². The summed E-state index contributed by atoms with van der Waals surface area (Å²) >= 11 is 0. The van der Waals surface area contributed by atoms with Gasteiger partial charge in [0.15, 0.2) is 6.61 Å². The highest BCUT2D eigenvalue weighted by Gasteiger charge is 2.21. The zero-order valence-electron chi connectivity index (χ0n) is 10.6. The van der Waals surface area contributed by atoms with E-state index in [-0.39, 0.29) is 12.5 Å². The number of carbonyl (C=O) groups is 2. The first kappa shape index (κ1) is 12.4. The molecule has 0 unspecified atom stereocenters. The maximum atomic E-state index is 11.9. The van der Waals surface area contributed by atoms with Crippen molar-refractivity contribution in [3.63, 3.8) is 0 Å². The fourth-order valence-electron chi connectivity index (χ4n) is 1.55. The zero-order valence-corrected chi connectivity index (χ0v) is 10.6. The number of nitrogens with one attached hydrogen (secondary N) is 1. The second-order valence-corrected chi connectivity index (χ2v) is 5.05. The lowest BCUT2D eigenvalue weighted by Gasteiger charge is -2.21. The molecule has 0 fully saturated rings. The first-order valence-corrected chi connectivity index (χ1v) is 5.65. The summed E-state index contributed by atoms with van der Waals surface area (Å²) in [5, 5.41) is 2.65. The molecule has 1 amide bonds. The molecule has 2 rings (SSSR count). The number of hydrogen-bond acceptors (Lipinski definition) is 4. The molecule has 0 saturated carbocycles. The highest BCUT2D eigenvalue weighted by molar-refractivity contribution is 5.98. The number of hydrogen-bond donors (Lipinski definition) is 1.